The fraction of sp³-hybridized carbons (Fsp3) is 0.211. The van der Waals surface area contributed by atoms with Crippen molar-refractivity contribution in [3.63, 3.8) is 0 Å². The molecule has 3 heterocycles. The van der Waals surface area contributed by atoms with Gasteiger partial charge in [-0.2, -0.15) is 0 Å². The molecule has 0 aliphatic heterocycles. The van der Waals surface area contributed by atoms with Crippen molar-refractivity contribution in [2.24, 2.45) is 0 Å². The third-order valence-corrected chi connectivity index (χ3v) is 5.01. The number of benzene rings is 1. The summed E-state index contributed by atoms with van der Waals surface area (Å²) in [4.78, 5) is 29.1. The lowest BCUT2D eigenvalue weighted by Gasteiger charge is -2.04. The predicted octanol–water partition coefficient (Wildman–Crippen LogP) is 3.15. The molecular formula is C19H17N5O3S. The number of thiazole rings is 1. The van der Waals surface area contributed by atoms with Gasteiger partial charge in [0.05, 0.1) is 17.6 Å². The van der Waals surface area contributed by atoms with Crippen LogP contribution < -0.4 is 10.9 Å². The third kappa shape index (κ3) is 3.56. The zero-order chi connectivity index (χ0) is 19.7. The van der Waals surface area contributed by atoms with E-state index in [2.05, 4.69) is 20.6 Å². The SMILES string of the molecule is Cc1cc(-c2csc(NC(=O)CCn3nnc4ccccc4c3=O)n2)c(C)o1. The second kappa shape index (κ2) is 7.35. The van der Waals surface area contributed by atoms with Crippen LogP contribution in [0.5, 0.6) is 0 Å². The highest BCUT2D eigenvalue weighted by molar-refractivity contribution is 7.14. The topological polar surface area (TPSA) is 103 Å². The van der Waals surface area contributed by atoms with E-state index in [4.69, 9.17) is 4.42 Å². The van der Waals surface area contributed by atoms with Crippen molar-refractivity contribution in [1.29, 1.82) is 0 Å². The van der Waals surface area contributed by atoms with Crippen molar-refractivity contribution in [3.05, 3.63) is 57.6 Å². The Morgan fingerprint density at radius 2 is 2.11 bits per heavy atom. The number of furan rings is 1. The molecule has 1 N–H and O–H groups in total. The lowest BCUT2D eigenvalue weighted by atomic mass is 10.2. The lowest BCUT2D eigenvalue weighted by Crippen LogP contribution is -2.26. The van der Waals surface area contributed by atoms with Crippen LogP contribution in [-0.4, -0.2) is 25.9 Å². The van der Waals surface area contributed by atoms with Crippen LogP contribution in [0.1, 0.15) is 17.9 Å². The van der Waals surface area contributed by atoms with Crippen molar-refractivity contribution < 1.29 is 9.21 Å². The lowest BCUT2D eigenvalue weighted by molar-refractivity contribution is -0.116. The molecule has 0 unspecified atom stereocenters. The molecule has 8 nitrogen and oxygen atoms in total. The van der Waals surface area contributed by atoms with Crippen LogP contribution in [-0.2, 0) is 11.3 Å². The highest BCUT2D eigenvalue weighted by Gasteiger charge is 2.13. The second-order valence-electron chi connectivity index (χ2n) is 6.30. The van der Waals surface area contributed by atoms with Crippen LogP contribution in [0.25, 0.3) is 22.2 Å². The van der Waals surface area contributed by atoms with Gasteiger partial charge in [0.2, 0.25) is 5.91 Å². The Hall–Kier alpha value is -3.33. The molecule has 4 aromatic rings. The predicted molar refractivity (Wildman–Crippen MR) is 106 cm³/mol. The number of rotatable bonds is 5. The Balaban J connectivity index is 1.42. The van der Waals surface area contributed by atoms with Gasteiger partial charge in [-0.1, -0.05) is 17.3 Å². The zero-order valence-corrected chi connectivity index (χ0v) is 16.1. The van der Waals surface area contributed by atoms with Gasteiger partial charge < -0.3 is 9.73 Å². The molecule has 28 heavy (non-hydrogen) atoms. The van der Waals surface area contributed by atoms with Crippen LogP contribution in [0.4, 0.5) is 5.13 Å². The van der Waals surface area contributed by atoms with Crippen molar-refractivity contribution in [1.82, 2.24) is 20.0 Å². The van der Waals surface area contributed by atoms with E-state index < -0.39 is 0 Å². The number of aromatic nitrogens is 4. The van der Waals surface area contributed by atoms with Crippen LogP contribution in [0, 0.1) is 13.8 Å². The van der Waals surface area contributed by atoms with Crippen molar-refractivity contribution in [2.75, 3.05) is 5.32 Å². The van der Waals surface area contributed by atoms with E-state index in [1.54, 1.807) is 24.3 Å². The molecule has 0 spiro atoms. The number of nitrogens with zero attached hydrogens (tertiary/aromatic N) is 4. The summed E-state index contributed by atoms with van der Waals surface area (Å²) >= 11 is 1.34. The van der Waals surface area contributed by atoms with Gasteiger partial charge in [-0.25, -0.2) is 9.67 Å². The molecule has 0 saturated carbocycles. The van der Waals surface area contributed by atoms with Crippen molar-refractivity contribution >= 4 is 33.3 Å². The van der Waals surface area contributed by atoms with Gasteiger partial charge in [0, 0.05) is 17.4 Å². The van der Waals surface area contributed by atoms with Gasteiger partial charge >= 0.3 is 0 Å². The third-order valence-electron chi connectivity index (χ3n) is 4.25. The number of anilines is 1. The van der Waals surface area contributed by atoms with E-state index >= 15 is 0 Å². The van der Waals surface area contributed by atoms with Gasteiger partial charge in [-0.3, -0.25) is 9.59 Å². The molecule has 3 aromatic heterocycles. The molecular weight excluding hydrogens is 378 g/mol. The number of fused-ring (bicyclic) bond motifs is 1. The molecule has 142 valence electrons. The standard InChI is InChI=1S/C19H17N5O3S/c1-11-9-14(12(2)27-11)16-10-28-19(20-16)21-17(25)7-8-24-18(26)13-5-3-4-6-15(13)22-23-24/h3-6,9-10H,7-8H2,1-2H3,(H,20,21,25). The monoisotopic (exact) mass is 395 g/mol. The van der Waals surface area contributed by atoms with Gasteiger partial charge in [0.1, 0.15) is 17.0 Å². The Morgan fingerprint density at radius 1 is 1.29 bits per heavy atom. The number of carbonyl (C=O) groups is 1. The minimum atomic E-state index is -0.263. The summed E-state index contributed by atoms with van der Waals surface area (Å²) in [6.45, 7) is 3.90. The highest BCUT2D eigenvalue weighted by atomic mass is 32.1. The molecule has 0 bridgehead atoms. The summed E-state index contributed by atoms with van der Waals surface area (Å²) in [5.74, 6) is 1.35. The first kappa shape index (κ1) is 18.1. The van der Waals surface area contributed by atoms with E-state index in [9.17, 15) is 9.59 Å². The summed E-state index contributed by atoms with van der Waals surface area (Å²) in [6.07, 6.45) is 0.0890. The van der Waals surface area contributed by atoms with E-state index in [0.29, 0.717) is 16.0 Å². The fourth-order valence-electron chi connectivity index (χ4n) is 2.90. The maximum Gasteiger partial charge on any atom is 0.277 e. The van der Waals surface area contributed by atoms with Gasteiger partial charge in [0.25, 0.3) is 5.56 Å². The van der Waals surface area contributed by atoms with Gasteiger partial charge in [0.15, 0.2) is 5.13 Å². The van der Waals surface area contributed by atoms with Crippen molar-refractivity contribution in [3.8, 4) is 11.3 Å². The number of carbonyl (C=O) groups excluding carboxylic acids is 1. The number of hydrogen-bond acceptors (Lipinski definition) is 7. The molecule has 1 amide bonds. The minimum absolute atomic E-state index is 0.0890. The quantitative estimate of drug-likeness (QED) is 0.557. The summed E-state index contributed by atoms with van der Waals surface area (Å²) < 4.78 is 6.72. The van der Waals surface area contributed by atoms with Gasteiger partial charge in [-0.05, 0) is 32.0 Å². The molecule has 1 aromatic carbocycles. The largest absolute Gasteiger partial charge is 0.466 e. The molecule has 9 heteroatoms. The van der Waals surface area contributed by atoms with E-state index in [1.807, 2.05) is 25.3 Å². The molecule has 0 aliphatic rings. The second-order valence-corrected chi connectivity index (χ2v) is 7.16. The van der Waals surface area contributed by atoms with Crippen LogP contribution in [0.2, 0.25) is 0 Å². The van der Waals surface area contributed by atoms with E-state index in [1.165, 1.54) is 16.0 Å². The molecule has 0 fully saturated rings. The van der Waals surface area contributed by atoms with Crippen LogP contribution >= 0.6 is 11.3 Å². The smallest absolute Gasteiger partial charge is 0.277 e. The summed E-state index contributed by atoms with van der Waals surface area (Å²) in [6, 6.07) is 8.90. The Bertz CT molecular complexity index is 1220. The van der Waals surface area contributed by atoms with E-state index in [-0.39, 0.29) is 24.4 Å². The Labute approximate surface area is 163 Å². The van der Waals surface area contributed by atoms with Gasteiger partial charge in [-0.15, -0.1) is 16.4 Å². The molecule has 0 atom stereocenters. The normalized spacial score (nSPS) is 11.1. The highest BCUT2D eigenvalue weighted by Crippen LogP contribution is 2.29. The summed E-state index contributed by atoms with van der Waals surface area (Å²) in [5, 5.41) is 13.5. The first-order chi connectivity index (χ1) is 13.5. The maximum atomic E-state index is 12.4. The summed E-state index contributed by atoms with van der Waals surface area (Å²) in [5.41, 5.74) is 1.94. The number of aryl methyl sites for hydroxylation is 3. The first-order valence-electron chi connectivity index (χ1n) is 8.66. The van der Waals surface area contributed by atoms with Crippen molar-refractivity contribution in [2.45, 2.75) is 26.8 Å². The van der Waals surface area contributed by atoms with E-state index in [0.717, 1.165) is 22.8 Å². The molecule has 0 aliphatic carbocycles. The zero-order valence-electron chi connectivity index (χ0n) is 15.3. The Morgan fingerprint density at radius 3 is 2.89 bits per heavy atom. The first-order valence-corrected chi connectivity index (χ1v) is 9.54. The Kier molecular flexibility index (Phi) is 4.74. The number of nitrogens with one attached hydrogen (secondary N) is 1. The average Bonchev–Trinajstić information content (AvgIpc) is 3.27. The van der Waals surface area contributed by atoms with Crippen LogP contribution in [0.15, 0.2) is 44.9 Å². The fourth-order valence-corrected chi connectivity index (χ4v) is 3.63. The molecule has 0 saturated heterocycles. The number of amides is 1. The number of hydrogen-bond donors (Lipinski definition) is 1. The maximum absolute atomic E-state index is 12.4. The molecule has 0 radical (unpaired) electrons. The average molecular weight is 395 g/mol. The van der Waals surface area contributed by atoms with Crippen LogP contribution in [0.3, 0.4) is 0 Å². The minimum Gasteiger partial charge on any atom is -0.466 e. The summed E-state index contributed by atoms with van der Waals surface area (Å²) in [7, 11) is 0. The molecule has 4 rings (SSSR count).